The second kappa shape index (κ2) is 5.76. The largest absolute Gasteiger partial charge is 0.481 e. The lowest BCUT2D eigenvalue weighted by Gasteiger charge is -2.25. The van der Waals surface area contributed by atoms with Crippen LogP contribution in [0.25, 0.3) is 0 Å². The highest BCUT2D eigenvalue weighted by molar-refractivity contribution is 5.87. The van der Waals surface area contributed by atoms with Crippen molar-refractivity contribution in [3.8, 4) is 0 Å². The molecular weight excluding hydrogens is 290 g/mol. The summed E-state index contributed by atoms with van der Waals surface area (Å²) in [6, 6.07) is 6.09. The first-order valence-electron chi connectivity index (χ1n) is 6.83. The fraction of sp³-hybridized carbons (Fsp3) is 0.400. The second-order valence-electron chi connectivity index (χ2n) is 5.63. The van der Waals surface area contributed by atoms with Crippen LogP contribution in [0.5, 0.6) is 0 Å². The van der Waals surface area contributed by atoms with Gasteiger partial charge in [-0.05, 0) is 37.0 Å². The van der Waals surface area contributed by atoms with E-state index in [-0.39, 0.29) is 18.4 Å². The van der Waals surface area contributed by atoms with Crippen molar-refractivity contribution in [3.05, 3.63) is 35.4 Å². The monoisotopic (exact) mass is 307 g/mol. The molecule has 0 saturated heterocycles. The summed E-state index contributed by atoms with van der Waals surface area (Å²) < 4.78 is 0. The molecule has 1 aromatic rings. The summed E-state index contributed by atoms with van der Waals surface area (Å²) in [4.78, 5) is 33.1. The molecular formula is C15H17NO6. The van der Waals surface area contributed by atoms with Gasteiger partial charge in [0.15, 0.2) is 0 Å². The highest BCUT2D eigenvalue weighted by Gasteiger charge is 2.57. The Labute approximate surface area is 126 Å². The third-order valence-corrected chi connectivity index (χ3v) is 4.20. The summed E-state index contributed by atoms with van der Waals surface area (Å²) in [5.74, 6) is -4.53. The molecule has 1 aliphatic carbocycles. The summed E-state index contributed by atoms with van der Waals surface area (Å²) in [6.07, 6.45) is 0.713. The van der Waals surface area contributed by atoms with Crippen LogP contribution < -0.4 is 5.73 Å². The summed E-state index contributed by atoms with van der Waals surface area (Å²) in [6.45, 7) is 0. The Morgan fingerprint density at radius 2 is 1.73 bits per heavy atom. The first-order valence-corrected chi connectivity index (χ1v) is 6.83. The van der Waals surface area contributed by atoms with Crippen LogP contribution in [0.1, 0.15) is 28.8 Å². The van der Waals surface area contributed by atoms with Gasteiger partial charge in [-0.1, -0.05) is 12.1 Å². The minimum Gasteiger partial charge on any atom is -0.481 e. The van der Waals surface area contributed by atoms with E-state index in [2.05, 4.69) is 0 Å². The first kappa shape index (κ1) is 16.0. The zero-order valence-electron chi connectivity index (χ0n) is 11.7. The number of rotatable bonds is 7. The Balaban J connectivity index is 2.05. The smallest absolute Gasteiger partial charge is 0.335 e. The van der Waals surface area contributed by atoms with E-state index in [1.165, 1.54) is 12.1 Å². The molecule has 0 aliphatic heterocycles. The zero-order valence-corrected chi connectivity index (χ0v) is 11.7. The van der Waals surface area contributed by atoms with Gasteiger partial charge in [-0.25, -0.2) is 4.79 Å². The van der Waals surface area contributed by atoms with Gasteiger partial charge in [-0.15, -0.1) is 0 Å². The molecule has 1 aliphatic rings. The Bertz CT molecular complexity index is 611. The normalized spacial score (nSPS) is 22.6. The number of carboxylic acid groups (broad SMARTS) is 3. The Morgan fingerprint density at radius 1 is 1.14 bits per heavy atom. The van der Waals surface area contributed by atoms with Crippen LogP contribution in [-0.2, 0) is 16.0 Å². The molecule has 7 heteroatoms. The number of carboxylic acids is 3. The summed E-state index contributed by atoms with van der Waals surface area (Å²) >= 11 is 0. The maximum Gasteiger partial charge on any atom is 0.335 e. The molecule has 1 saturated carbocycles. The number of aryl methyl sites for hydroxylation is 1. The van der Waals surface area contributed by atoms with E-state index in [0.29, 0.717) is 6.42 Å². The molecule has 0 bridgehead atoms. The predicted octanol–water partition coefficient (Wildman–Crippen LogP) is 0.820. The number of aromatic carboxylic acids is 1. The van der Waals surface area contributed by atoms with E-state index in [9.17, 15) is 19.5 Å². The first-order chi connectivity index (χ1) is 10.3. The van der Waals surface area contributed by atoms with Gasteiger partial charge < -0.3 is 21.1 Å². The number of hydrogen-bond acceptors (Lipinski definition) is 4. The minimum absolute atomic E-state index is 0.100. The zero-order chi connectivity index (χ0) is 16.5. The van der Waals surface area contributed by atoms with Crippen LogP contribution in [0, 0.1) is 11.8 Å². The number of aliphatic carboxylic acids is 2. The molecule has 3 atom stereocenters. The van der Waals surface area contributed by atoms with Crippen LogP contribution in [0.15, 0.2) is 24.3 Å². The lowest BCUT2D eigenvalue weighted by molar-refractivity contribution is -0.145. The van der Waals surface area contributed by atoms with Gasteiger partial charge in [0, 0.05) is 5.92 Å². The second-order valence-corrected chi connectivity index (χ2v) is 5.63. The van der Waals surface area contributed by atoms with Gasteiger partial charge in [0.2, 0.25) is 0 Å². The van der Waals surface area contributed by atoms with E-state index in [1.54, 1.807) is 12.1 Å². The summed E-state index contributed by atoms with van der Waals surface area (Å²) in [5, 5.41) is 27.1. The third-order valence-electron chi connectivity index (χ3n) is 4.20. The van der Waals surface area contributed by atoms with Crippen LogP contribution in [-0.4, -0.2) is 38.8 Å². The Kier molecular flexibility index (Phi) is 4.18. The van der Waals surface area contributed by atoms with Crippen molar-refractivity contribution in [2.75, 3.05) is 0 Å². The SMILES string of the molecule is NC(CCc1ccc(C(=O)O)cc1)(C(=O)O)[C@H]1C[C@@H]1C(=O)O. The van der Waals surface area contributed by atoms with Crippen LogP contribution in [0.2, 0.25) is 0 Å². The molecule has 2 rings (SSSR count). The van der Waals surface area contributed by atoms with Gasteiger partial charge in [0.05, 0.1) is 11.5 Å². The van der Waals surface area contributed by atoms with Crippen molar-refractivity contribution in [2.24, 2.45) is 17.6 Å². The van der Waals surface area contributed by atoms with Gasteiger partial charge >= 0.3 is 17.9 Å². The fourth-order valence-electron chi connectivity index (χ4n) is 2.65. The van der Waals surface area contributed by atoms with Crippen molar-refractivity contribution in [1.82, 2.24) is 0 Å². The quantitative estimate of drug-likeness (QED) is 0.585. The third kappa shape index (κ3) is 3.09. The van der Waals surface area contributed by atoms with Crippen molar-refractivity contribution in [2.45, 2.75) is 24.8 Å². The highest BCUT2D eigenvalue weighted by atomic mass is 16.4. The fourth-order valence-corrected chi connectivity index (χ4v) is 2.65. The van der Waals surface area contributed by atoms with Crippen molar-refractivity contribution in [1.29, 1.82) is 0 Å². The van der Waals surface area contributed by atoms with Crippen molar-refractivity contribution >= 4 is 17.9 Å². The van der Waals surface area contributed by atoms with E-state index in [0.717, 1.165) is 5.56 Å². The van der Waals surface area contributed by atoms with Gasteiger partial charge in [0.25, 0.3) is 0 Å². The molecule has 1 unspecified atom stereocenters. The maximum atomic E-state index is 11.4. The van der Waals surface area contributed by atoms with Gasteiger partial charge in [0.1, 0.15) is 5.54 Å². The number of benzene rings is 1. The molecule has 1 aromatic carbocycles. The average Bonchev–Trinajstić information content (AvgIpc) is 3.26. The van der Waals surface area contributed by atoms with Crippen LogP contribution in [0.3, 0.4) is 0 Å². The topological polar surface area (TPSA) is 138 Å². The molecule has 1 fully saturated rings. The number of carbonyl (C=O) groups is 3. The van der Waals surface area contributed by atoms with E-state index >= 15 is 0 Å². The minimum atomic E-state index is -1.57. The molecule has 0 aromatic heterocycles. The molecule has 0 spiro atoms. The molecule has 5 N–H and O–H groups in total. The lowest BCUT2D eigenvalue weighted by atomic mass is 9.86. The molecule has 0 amide bonds. The van der Waals surface area contributed by atoms with Crippen LogP contribution >= 0.6 is 0 Å². The summed E-state index contributed by atoms with van der Waals surface area (Å²) in [7, 11) is 0. The Hall–Kier alpha value is -2.41. The molecule has 0 radical (unpaired) electrons. The molecule has 118 valence electrons. The lowest BCUT2D eigenvalue weighted by Crippen LogP contribution is -2.51. The number of hydrogen-bond donors (Lipinski definition) is 4. The van der Waals surface area contributed by atoms with E-state index in [4.69, 9.17) is 15.9 Å². The molecule has 7 nitrogen and oxygen atoms in total. The predicted molar refractivity (Wildman–Crippen MR) is 75.5 cm³/mol. The summed E-state index contributed by atoms with van der Waals surface area (Å²) in [5.41, 5.74) is 5.27. The van der Waals surface area contributed by atoms with Crippen molar-refractivity contribution in [3.63, 3.8) is 0 Å². The number of nitrogens with two attached hydrogens (primary N) is 1. The van der Waals surface area contributed by atoms with E-state index in [1.807, 2.05) is 0 Å². The van der Waals surface area contributed by atoms with Gasteiger partial charge in [-0.2, -0.15) is 0 Å². The van der Waals surface area contributed by atoms with E-state index < -0.39 is 35.3 Å². The maximum absolute atomic E-state index is 11.4. The molecule has 0 heterocycles. The average molecular weight is 307 g/mol. The highest BCUT2D eigenvalue weighted by Crippen LogP contribution is 2.47. The standard InChI is InChI=1S/C15H17NO6/c16-15(14(21)22,11-7-10(11)13(19)20)6-5-8-1-3-9(4-2-8)12(17)18/h1-4,10-11H,5-7,16H2,(H,17,18)(H,19,20)(H,21,22)/t10-,11-,15?/m0/s1. The molecule has 22 heavy (non-hydrogen) atoms. The van der Waals surface area contributed by atoms with Gasteiger partial charge in [-0.3, -0.25) is 9.59 Å². The Morgan fingerprint density at radius 3 is 2.14 bits per heavy atom. The van der Waals surface area contributed by atoms with Crippen molar-refractivity contribution < 1.29 is 29.7 Å². The van der Waals surface area contributed by atoms with Crippen LogP contribution in [0.4, 0.5) is 0 Å².